The molecule has 80 valence electrons. The topological polar surface area (TPSA) is 29.1 Å². The molecule has 0 heterocycles. The SMILES string of the molecule is CSc1ccc(C)c(C(=O)NC2CC2)c1. The van der Waals surface area contributed by atoms with Crippen molar-refractivity contribution >= 4 is 17.7 Å². The lowest BCUT2D eigenvalue weighted by atomic mass is 10.1. The van der Waals surface area contributed by atoms with E-state index in [4.69, 9.17) is 0 Å². The van der Waals surface area contributed by atoms with E-state index in [1.807, 2.05) is 31.4 Å². The summed E-state index contributed by atoms with van der Waals surface area (Å²) in [6.07, 6.45) is 4.28. The maximum Gasteiger partial charge on any atom is 0.251 e. The molecule has 1 N–H and O–H groups in total. The van der Waals surface area contributed by atoms with Crippen LogP contribution in [-0.2, 0) is 0 Å². The van der Waals surface area contributed by atoms with Gasteiger partial charge in [-0.25, -0.2) is 0 Å². The Kier molecular flexibility index (Phi) is 3.00. The highest BCUT2D eigenvalue weighted by molar-refractivity contribution is 7.98. The molecule has 0 bridgehead atoms. The summed E-state index contributed by atoms with van der Waals surface area (Å²) in [5.74, 6) is 0.0749. The molecule has 1 aliphatic rings. The predicted octanol–water partition coefficient (Wildman–Crippen LogP) is 2.61. The molecule has 3 heteroatoms. The van der Waals surface area contributed by atoms with E-state index in [2.05, 4.69) is 5.32 Å². The van der Waals surface area contributed by atoms with E-state index in [0.717, 1.165) is 28.9 Å². The second-order valence-corrected chi connectivity index (χ2v) is 4.81. The number of hydrogen-bond acceptors (Lipinski definition) is 2. The fourth-order valence-corrected chi connectivity index (χ4v) is 1.90. The fourth-order valence-electron chi connectivity index (χ4n) is 1.46. The molecular formula is C12H15NOS. The highest BCUT2D eigenvalue weighted by Crippen LogP contribution is 2.22. The van der Waals surface area contributed by atoms with Gasteiger partial charge in [-0.1, -0.05) is 6.07 Å². The number of nitrogens with one attached hydrogen (secondary N) is 1. The third kappa shape index (κ3) is 2.53. The van der Waals surface area contributed by atoms with Gasteiger partial charge in [0.1, 0.15) is 0 Å². The average molecular weight is 221 g/mol. The number of thioether (sulfide) groups is 1. The van der Waals surface area contributed by atoms with Crippen molar-refractivity contribution in [3.05, 3.63) is 29.3 Å². The Bertz CT molecular complexity index is 385. The molecule has 0 radical (unpaired) electrons. The average Bonchev–Trinajstić information content (AvgIpc) is 3.02. The van der Waals surface area contributed by atoms with Gasteiger partial charge in [0.2, 0.25) is 0 Å². The highest BCUT2D eigenvalue weighted by atomic mass is 32.2. The van der Waals surface area contributed by atoms with E-state index in [0.29, 0.717) is 6.04 Å². The van der Waals surface area contributed by atoms with Gasteiger partial charge in [0.25, 0.3) is 5.91 Å². The first-order valence-corrected chi connectivity index (χ1v) is 6.38. The monoisotopic (exact) mass is 221 g/mol. The summed E-state index contributed by atoms with van der Waals surface area (Å²) in [4.78, 5) is 13.0. The van der Waals surface area contributed by atoms with Crippen LogP contribution >= 0.6 is 11.8 Å². The lowest BCUT2D eigenvalue weighted by Gasteiger charge is -2.07. The minimum Gasteiger partial charge on any atom is -0.349 e. The van der Waals surface area contributed by atoms with Crippen LogP contribution < -0.4 is 5.32 Å². The Hall–Kier alpha value is -0.960. The third-order valence-corrected chi connectivity index (χ3v) is 3.33. The normalized spacial score (nSPS) is 15.1. The number of carbonyl (C=O) groups excluding carboxylic acids is 1. The lowest BCUT2D eigenvalue weighted by molar-refractivity contribution is 0.0950. The molecule has 0 atom stereocenters. The molecule has 1 aliphatic carbocycles. The molecular weight excluding hydrogens is 206 g/mol. The van der Waals surface area contributed by atoms with Crippen molar-refractivity contribution in [3.8, 4) is 0 Å². The summed E-state index contributed by atoms with van der Waals surface area (Å²) >= 11 is 1.66. The summed E-state index contributed by atoms with van der Waals surface area (Å²) in [6, 6.07) is 6.45. The van der Waals surface area contributed by atoms with Crippen molar-refractivity contribution in [2.45, 2.75) is 30.7 Å². The molecule has 1 aromatic carbocycles. The molecule has 1 aromatic rings. The van der Waals surface area contributed by atoms with Crippen LogP contribution in [0.15, 0.2) is 23.1 Å². The van der Waals surface area contributed by atoms with E-state index >= 15 is 0 Å². The van der Waals surface area contributed by atoms with Crippen LogP contribution in [0.4, 0.5) is 0 Å². The van der Waals surface area contributed by atoms with E-state index in [1.165, 1.54) is 0 Å². The molecule has 2 rings (SSSR count). The lowest BCUT2D eigenvalue weighted by Crippen LogP contribution is -2.26. The number of amides is 1. The van der Waals surface area contributed by atoms with Crippen LogP contribution in [0.5, 0.6) is 0 Å². The third-order valence-electron chi connectivity index (χ3n) is 2.60. The van der Waals surface area contributed by atoms with Crippen molar-refractivity contribution < 1.29 is 4.79 Å². The quantitative estimate of drug-likeness (QED) is 0.795. The Morgan fingerprint density at radius 2 is 2.20 bits per heavy atom. The molecule has 2 nitrogen and oxygen atoms in total. The largest absolute Gasteiger partial charge is 0.349 e. The smallest absolute Gasteiger partial charge is 0.251 e. The van der Waals surface area contributed by atoms with Crippen molar-refractivity contribution in [3.63, 3.8) is 0 Å². The number of aryl methyl sites for hydroxylation is 1. The molecule has 0 aliphatic heterocycles. The van der Waals surface area contributed by atoms with E-state index in [-0.39, 0.29) is 5.91 Å². The molecule has 0 spiro atoms. The number of hydrogen-bond donors (Lipinski definition) is 1. The molecule has 1 amide bonds. The molecule has 1 fully saturated rings. The van der Waals surface area contributed by atoms with Gasteiger partial charge < -0.3 is 5.32 Å². The van der Waals surface area contributed by atoms with Gasteiger partial charge in [-0.15, -0.1) is 11.8 Å². The second-order valence-electron chi connectivity index (χ2n) is 3.93. The van der Waals surface area contributed by atoms with Gasteiger partial charge >= 0.3 is 0 Å². The van der Waals surface area contributed by atoms with Gasteiger partial charge in [0, 0.05) is 16.5 Å². The van der Waals surface area contributed by atoms with E-state index in [9.17, 15) is 4.79 Å². The fraction of sp³-hybridized carbons (Fsp3) is 0.417. The van der Waals surface area contributed by atoms with Crippen LogP contribution in [0, 0.1) is 6.92 Å². The van der Waals surface area contributed by atoms with Crippen LogP contribution in [-0.4, -0.2) is 18.2 Å². The zero-order valence-corrected chi connectivity index (χ0v) is 9.86. The first-order chi connectivity index (χ1) is 7.20. The summed E-state index contributed by atoms with van der Waals surface area (Å²) in [6.45, 7) is 1.98. The number of carbonyl (C=O) groups is 1. The Labute approximate surface area is 94.4 Å². The minimum atomic E-state index is 0.0749. The van der Waals surface area contributed by atoms with Gasteiger partial charge in [-0.2, -0.15) is 0 Å². The van der Waals surface area contributed by atoms with Gasteiger partial charge in [0.15, 0.2) is 0 Å². The molecule has 15 heavy (non-hydrogen) atoms. The maximum atomic E-state index is 11.9. The minimum absolute atomic E-state index is 0.0749. The van der Waals surface area contributed by atoms with Crippen molar-refractivity contribution in [1.82, 2.24) is 5.32 Å². The number of benzene rings is 1. The maximum absolute atomic E-state index is 11.9. The number of rotatable bonds is 3. The molecule has 0 aromatic heterocycles. The molecule has 1 saturated carbocycles. The standard InChI is InChI=1S/C12H15NOS/c1-8-3-6-10(15-2)7-11(8)12(14)13-9-4-5-9/h3,6-7,9H,4-5H2,1-2H3,(H,13,14). The van der Waals surface area contributed by atoms with Crippen molar-refractivity contribution in [2.75, 3.05) is 6.26 Å². The van der Waals surface area contributed by atoms with Crippen molar-refractivity contribution in [2.24, 2.45) is 0 Å². The van der Waals surface area contributed by atoms with E-state index in [1.54, 1.807) is 11.8 Å². The summed E-state index contributed by atoms with van der Waals surface area (Å²) < 4.78 is 0. The zero-order chi connectivity index (χ0) is 10.8. The van der Waals surface area contributed by atoms with Crippen LogP contribution in [0.25, 0.3) is 0 Å². The first-order valence-electron chi connectivity index (χ1n) is 5.16. The van der Waals surface area contributed by atoms with Crippen molar-refractivity contribution in [1.29, 1.82) is 0 Å². The molecule has 0 unspecified atom stereocenters. The van der Waals surface area contributed by atoms with Crippen LogP contribution in [0.3, 0.4) is 0 Å². The van der Waals surface area contributed by atoms with Crippen LogP contribution in [0.2, 0.25) is 0 Å². The second kappa shape index (κ2) is 4.27. The summed E-state index contributed by atoms with van der Waals surface area (Å²) in [5.41, 5.74) is 1.86. The summed E-state index contributed by atoms with van der Waals surface area (Å²) in [5, 5.41) is 3.01. The predicted molar refractivity (Wildman–Crippen MR) is 63.4 cm³/mol. The van der Waals surface area contributed by atoms with Gasteiger partial charge in [0.05, 0.1) is 0 Å². The Balaban J connectivity index is 2.20. The summed E-state index contributed by atoms with van der Waals surface area (Å²) in [7, 11) is 0. The molecule has 0 saturated heterocycles. The van der Waals surface area contributed by atoms with Crippen LogP contribution in [0.1, 0.15) is 28.8 Å². The Morgan fingerprint density at radius 1 is 1.47 bits per heavy atom. The van der Waals surface area contributed by atoms with E-state index < -0.39 is 0 Å². The zero-order valence-electron chi connectivity index (χ0n) is 9.04. The van der Waals surface area contributed by atoms with Gasteiger partial charge in [-0.05, 0) is 43.7 Å². The first kappa shape index (κ1) is 10.6. The van der Waals surface area contributed by atoms with Gasteiger partial charge in [-0.3, -0.25) is 4.79 Å². The highest BCUT2D eigenvalue weighted by Gasteiger charge is 2.24. The Morgan fingerprint density at radius 3 is 2.80 bits per heavy atom.